The molecule has 5 nitrogen and oxygen atoms in total. The number of rotatable bonds is 3. The Hall–Kier alpha value is -1.72. The van der Waals surface area contributed by atoms with Crippen LogP contribution in [0, 0.1) is 6.92 Å². The second-order valence-electron chi connectivity index (χ2n) is 3.53. The maximum absolute atomic E-state index is 11.6. The van der Waals surface area contributed by atoms with Crippen molar-refractivity contribution in [1.29, 1.82) is 0 Å². The summed E-state index contributed by atoms with van der Waals surface area (Å²) >= 11 is 0. The van der Waals surface area contributed by atoms with Crippen molar-refractivity contribution in [3.05, 3.63) is 29.7 Å². The van der Waals surface area contributed by atoms with Crippen LogP contribution in [0.1, 0.15) is 16.2 Å². The molecule has 0 aliphatic heterocycles. The van der Waals surface area contributed by atoms with Crippen molar-refractivity contribution >= 4 is 16.9 Å². The molecule has 0 fully saturated rings. The Morgan fingerprint density at radius 3 is 3.06 bits per heavy atom. The quantitative estimate of drug-likeness (QED) is 0.741. The molecule has 1 unspecified atom stereocenters. The second-order valence-corrected chi connectivity index (χ2v) is 3.53. The van der Waals surface area contributed by atoms with Crippen LogP contribution in [0.3, 0.4) is 0 Å². The first kappa shape index (κ1) is 10.8. The summed E-state index contributed by atoms with van der Waals surface area (Å²) in [4.78, 5) is 15.7. The Balaban J connectivity index is 2.42. The van der Waals surface area contributed by atoms with Gasteiger partial charge >= 0.3 is 0 Å². The van der Waals surface area contributed by atoms with Gasteiger partial charge in [0, 0.05) is 19.0 Å². The van der Waals surface area contributed by atoms with Crippen LogP contribution in [0.4, 0.5) is 0 Å². The van der Waals surface area contributed by atoms with Crippen molar-refractivity contribution in [3.63, 3.8) is 0 Å². The van der Waals surface area contributed by atoms with E-state index >= 15 is 0 Å². The fraction of sp³-hybridized carbons (Fsp3) is 0.273. The van der Waals surface area contributed by atoms with Gasteiger partial charge in [0.15, 0.2) is 17.3 Å². The number of oxazole rings is 1. The van der Waals surface area contributed by atoms with Crippen LogP contribution < -0.4 is 5.73 Å². The number of carbonyl (C=O) groups excluding carboxylic acids is 1. The topological polar surface area (TPSA) is 89.3 Å². The molecule has 0 radical (unpaired) electrons. The van der Waals surface area contributed by atoms with Gasteiger partial charge in [0.1, 0.15) is 11.6 Å². The van der Waals surface area contributed by atoms with E-state index < -0.39 is 11.9 Å². The van der Waals surface area contributed by atoms with E-state index in [0.717, 1.165) is 0 Å². The number of hydrogen-bond acceptors (Lipinski definition) is 5. The van der Waals surface area contributed by atoms with Crippen molar-refractivity contribution in [2.24, 2.45) is 5.73 Å². The van der Waals surface area contributed by atoms with Crippen LogP contribution in [-0.2, 0) is 0 Å². The molecule has 0 spiro atoms. The number of nitrogens with zero attached hydrogens (tertiary/aromatic N) is 1. The lowest BCUT2D eigenvalue weighted by Gasteiger charge is -2.05. The highest BCUT2D eigenvalue weighted by Gasteiger charge is 2.16. The second kappa shape index (κ2) is 4.03. The molecule has 3 N–H and O–H groups in total. The van der Waals surface area contributed by atoms with Crippen molar-refractivity contribution in [2.45, 2.75) is 13.0 Å². The first-order valence-corrected chi connectivity index (χ1v) is 4.91. The Morgan fingerprint density at radius 1 is 1.62 bits per heavy atom. The average Bonchev–Trinajstić information content (AvgIpc) is 2.65. The fourth-order valence-corrected chi connectivity index (χ4v) is 1.49. The monoisotopic (exact) mass is 220 g/mol. The number of ketones is 1. The number of aryl methyl sites for hydroxylation is 1. The lowest BCUT2D eigenvalue weighted by atomic mass is 10.1. The number of Topliss-reactive ketones (excluding diaryl/α,β-unsaturated/α-hetero) is 1. The summed E-state index contributed by atoms with van der Waals surface area (Å²) in [5.74, 6) is 0.137. The smallest absolute Gasteiger partial charge is 0.192 e. The van der Waals surface area contributed by atoms with Gasteiger partial charge in [-0.05, 0) is 18.2 Å². The lowest BCUT2D eigenvalue weighted by molar-refractivity contribution is 0.0763. The number of benzene rings is 1. The number of nitrogens with two attached hydrogens (primary N) is 1. The van der Waals surface area contributed by atoms with E-state index in [9.17, 15) is 9.90 Å². The van der Waals surface area contributed by atoms with Gasteiger partial charge in [-0.2, -0.15) is 0 Å². The minimum atomic E-state index is -1.17. The Labute approximate surface area is 91.9 Å². The molecule has 1 heterocycles. The predicted molar refractivity (Wildman–Crippen MR) is 58.1 cm³/mol. The lowest BCUT2D eigenvalue weighted by Crippen LogP contribution is -2.29. The fourth-order valence-electron chi connectivity index (χ4n) is 1.49. The van der Waals surface area contributed by atoms with E-state index in [1.807, 2.05) is 0 Å². The first-order chi connectivity index (χ1) is 7.61. The molecule has 0 aliphatic carbocycles. The Morgan fingerprint density at radius 2 is 2.38 bits per heavy atom. The van der Waals surface area contributed by atoms with Gasteiger partial charge in [-0.1, -0.05) is 0 Å². The predicted octanol–water partition coefficient (Wildman–Crippen LogP) is 0.639. The maximum Gasteiger partial charge on any atom is 0.192 e. The van der Waals surface area contributed by atoms with E-state index in [-0.39, 0.29) is 6.54 Å². The zero-order chi connectivity index (χ0) is 11.7. The normalized spacial score (nSPS) is 12.9. The summed E-state index contributed by atoms with van der Waals surface area (Å²) < 4.78 is 5.30. The molecule has 0 aliphatic rings. The number of aliphatic hydroxyl groups is 1. The minimum Gasteiger partial charge on any atom is -0.441 e. The van der Waals surface area contributed by atoms with Gasteiger partial charge in [-0.3, -0.25) is 4.79 Å². The summed E-state index contributed by atoms with van der Waals surface area (Å²) in [6, 6.07) is 4.85. The minimum absolute atomic E-state index is 0.0910. The third kappa shape index (κ3) is 1.82. The Kier molecular flexibility index (Phi) is 2.72. The zero-order valence-corrected chi connectivity index (χ0v) is 8.80. The summed E-state index contributed by atoms with van der Waals surface area (Å²) in [5.41, 5.74) is 6.82. The van der Waals surface area contributed by atoms with Gasteiger partial charge in [-0.15, -0.1) is 0 Å². The molecule has 2 aromatic rings. The van der Waals surface area contributed by atoms with Crippen LogP contribution in [0.25, 0.3) is 11.1 Å². The maximum atomic E-state index is 11.6. The molecule has 84 valence electrons. The number of hydrogen-bond donors (Lipinski definition) is 2. The van der Waals surface area contributed by atoms with E-state index in [1.54, 1.807) is 25.1 Å². The van der Waals surface area contributed by atoms with Crippen molar-refractivity contribution in [3.8, 4) is 0 Å². The molecule has 2 rings (SSSR count). The SMILES string of the molecule is Cc1nc2ccc(C(=O)C(O)CN)cc2o1. The average molecular weight is 220 g/mol. The van der Waals surface area contributed by atoms with Crippen LogP contribution >= 0.6 is 0 Å². The molecule has 1 aromatic heterocycles. The van der Waals surface area contributed by atoms with Crippen LogP contribution in [-0.4, -0.2) is 28.5 Å². The zero-order valence-electron chi connectivity index (χ0n) is 8.80. The van der Waals surface area contributed by atoms with E-state index in [1.165, 1.54) is 0 Å². The van der Waals surface area contributed by atoms with Crippen LogP contribution in [0.5, 0.6) is 0 Å². The standard InChI is InChI=1S/C11H12N2O3/c1-6-13-8-3-2-7(4-10(8)16-6)11(15)9(14)5-12/h2-4,9,14H,5,12H2,1H3. The third-order valence-electron chi connectivity index (χ3n) is 2.31. The van der Waals surface area contributed by atoms with Gasteiger partial charge in [0.2, 0.25) is 0 Å². The van der Waals surface area contributed by atoms with E-state index in [4.69, 9.17) is 10.2 Å². The van der Waals surface area contributed by atoms with E-state index in [0.29, 0.717) is 22.6 Å². The van der Waals surface area contributed by atoms with Crippen molar-refractivity contribution in [2.75, 3.05) is 6.54 Å². The number of carbonyl (C=O) groups is 1. The molecule has 0 saturated carbocycles. The largest absolute Gasteiger partial charge is 0.441 e. The van der Waals surface area contributed by atoms with E-state index in [2.05, 4.69) is 4.98 Å². The van der Waals surface area contributed by atoms with Gasteiger partial charge in [-0.25, -0.2) is 4.98 Å². The highest BCUT2D eigenvalue weighted by Crippen LogP contribution is 2.17. The summed E-state index contributed by atoms with van der Waals surface area (Å²) in [7, 11) is 0. The van der Waals surface area contributed by atoms with Gasteiger partial charge in [0.05, 0.1) is 0 Å². The molecular formula is C11H12N2O3. The molecule has 1 aromatic carbocycles. The van der Waals surface area contributed by atoms with Crippen molar-refractivity contribution < 1.29 is 14.3 Å². The molecule has 16 heavy (non-hydrogen) atoms. The summed E-state index contributed by atoms with van der Waals surface area (Å²) in [6.45, 7) is 1.64. The summed E-state index contributed by atoms with van der Waals surface area (Å²) in [5, 5.41) is 9.34. The summed E-state index contributed by atoms with van der Waals surface area (Å²) in [6.07, 6.45) is -1.17. The number of aliphatic hydroxyl groups excluding tert-OH is 1. The first-order valence-electron chi connectivity index (χ1n) is 4.91. The molecule has 0 saturated heterocycles. The van der Waals surface area contributed by atoms with Crippen LogP contribution in [0.15, 0.2) is 22.6 Å². The highest BCUT2D eigenvalue weighted by molar-refractivity contribution is 6.01. The molecule has 1 atom stereocenters. The molecule has 5 heteroatoms. The third-order valence-corrected chi connectivity index (χ3v) is 2.31. The molecular weight excluding hydrogens is 208 g/mol. The highest BCUT2D eigenvalue weighted by atomic mass is 16.3. The number of fused-ring (bicyclic) bond motifs is 1. The van der Waals surface area contributed by atoms with Crippen molar-refractivity contribution in [1.82, 2.24) is 4.98 Å². The van der Waals surface area contributed by atoms with Crippen LogP contribution in [0.2, 0.25) is 0 Å². The molecule has 0 amide bonds. The Bertz CT molecular complexity index is 533. The van der Waals surface area contributed by atoms with Gasteiger partial charge in [0.25, 0.3) is 0 Å². The van der Waals surface area contributed by atoms with Gasteiger partial charge < -0.3 is 15.3 Å². The molecule has 0 bridgehead atoms. The number of aromatic nitrogens is 1.